The van der Waals surface area contributed by atoms with Crippen molar-refractivity contribution in [2.45, 2.75) is 6.54 Å². The Balaban J connectivity index is 1.66. The quantitative estimate of drug-likeness (QED) is 0.920. The van der Waals surface area contributed by atoms with Crippen LogP contribution in [0.1, 0.15) is 16.1 Å². The van der Waals surface area contributed by atoms with Crippen LogP contribution in [-0.2, 0) is 13.6 Å². The lowest BCUT2D eigenvalue weighted by atomic mass is 10.1. The van der Waals surface area contributed by atoms with Crippen LogP contribution in [0.5, 0.6) is 0 Å². The molecule has 2 heterocycles. The standard InChI is InChI=1S/C17H22ClN5O/c1-21-6-8-23(9-7-21)12-13-4-3-5-14(10-13)20-17(24)16-15(18)11-19-22(16)2/h3-5,10-11H,6-9,12H2,1-2H3,(H,20,24). The number of carbonyl (C=O) groups is 1. The molecule has 1 aromatic carbocycles. The van der Waals surface area contributed by atoms with E-state index in [2.05, 4.69) is 33.3 Å². The van der Waals surface area contributed by atoms with E-state index in [4.69, 9.17) is 11.6 Å². The van der Waals surface area contributed by atoms with E-state index in [1.165, 1.54) is 16.4 Å². The second-order valence-electron chi connectivity index (χ2n) is 6.20. The lowest BCUT2D eigenvalue weighted by molar-refractivity contribution is 0.101. The van der Waals surface area contributed by atoms with Crippen LogP contribution in [0.15, 0.2) is 30.5 Å². The summed E-state index contributed by atoms with van der Waals surface area (Å²) in [7, 11) is 3.85. The number of likely N-dealkylation sites (N-methyl/N-ethyl adjacent to an activating group) is 1. The molecule has 7 heteroatoms. The highest BCUT2D eigenvalue weighted by atomic mass is 35.5. The molecule has 3 rings (SSSR count). The summed E-state index contributed by atoms with van der Waals surface area (Å²) in [6.07, 6.45) is 1.47. The maximum atomic E-state index is 12.4. The number of nitrogens with one attached hydrogen (secondary N) is 1. The molecule has 1 amide bonds. The van der Waals surface area contributed by atoms with Gasteiger partial charge in [0.05, 0.1) is 11.2 Å². The number of aromatic nitrogens is 2. The van der Waals surface area contributed by atoms with Crippen LogP contribution < -0.4 is 5.32 Å². The van der Waals surface area contributed by atoms with Gasteiger partial charge in [0, 0.05) is 45.5 Å². The highest BCUT2D eigenvalue weighted by Crippen LogP contribution is 2.18. The van der Waals surface area contributed by atoms with Crippen molar-refractivity contribution >= 4 is 23.2 Å². The molecule has 2 aromatic rings. The maximum Gasteiger partial charge on any atom is 0.275 e. The average molecular weight is 348 g/mol. The number of hydrogen-bond donors (Lipinski definition) is 1. The largest absolute Gasteiger partial charge is 0.321 e. The zero-order chi connectivity index (χ0) is 17.1. The number of nitrogens with zero attached hydrogens (tertiary/aromatic N) is 4. The molecular formula is C17H22ClN5O. The van der Waals surface area contributed by atoms with Gasteiger partial charge in [-0.25, -0.2) is 0 Å². The van der Waals surface area contributed by atoms with E-state index in [9.17, 15) is 4.79 Å². The number of carbonyl (C=O) groups excluding carboxylic acids is 1. The predicted octanol–water partition coefficient (Wildman–Crippen LogP) is 2.07. The fraction of sp³-hybridized carbons (Fsp3) is 0.412. The fourth-order valence-corrected chi connectivity index (χ4v) is 3.12. The number of aryl methyl sites for hydroxylation is 1. The Kier molecular flexibility index (Phi) is 5.18. The van der Waals surface area contributed by atoms with Gasteiger partial charge in [0.25, 0.3) is 5.91 Å². The van der Waals surface area contributed by atoms with E-state index in [1.807, 2.05) is 18.2 Å². The third-order valence-corrected chi connectivity index (χ3v) is 4.57. The number of piperazine rings is 1. The van der Waals surface area contributed by atoms with Gasteiger partial charge in [0.15, 0.2) is 0 Å². The van der Waals surface area contributed by atoms with E-state index in [1.54, 1.807) is 7.05 Å². The summed E-state index contributed by atoms with van der Waals surface area (Å²) in [4.78, 5) is 17.1. The van der Waals surface area contributed by atoms with Crippen LogP contribution in [0, 0.1) is 0 Å². The molecule has 1 saturated heterocycles. The molecule has 0 unspecified atom stereocenters. The van der Waals surface area contributed by atoms with Crippen molar-refractivity contribution in [3.63, 3.8) is 0 Å². The third kappa shape index (κ3) is 3.95. The summed E-state index contributed by atoms with van der Waals surface area (Å²) in [6, 6.07) is 7.95. The molecule has 1 aromatic heterocycles. The molecule has 128 valence electrons. The molecular weight excluding hydrogens is 326 g/mol. The summed E-state index contributed by atoms with van der Waals surface area (Å²) in [5.74, 6) is -0.253. The van der Waals surface area contributed by atoms with Gasteiger partial charge in [0.1, 0.15) is 5.69 Å². The van der Waals surface area contributed by atoms with Crippen LogP contribution >= 0.6 is 11.6 Å². The van der Waals surface area contributed by atoms with Gasteiger partial charge >= 0.3 is 0 Å². The van der Waals surface area contributed by atoms with Gasteiger partial charge in [-0.1, -0.05) is 23.7 Å². The number of anilines is 1. The Bertz CT molecular complexity index is 702. The maximum absolute atomic E-state index is 12.4. The van der Waals surface area contributed by atoms with E-state index in [-0.39, 0.29) is 5.91 Å². The monoisotopic (exact) mass is 347 g/mol. The van der Waals surface area contributed by atoms with Crippen LogP contribution in [0.25, 0.3) is 0 Å². The zero-order valence-electron chi connectivity index (χ0n) is 14.0. The van der Waals surface area contributed by atoms with Crippen molar-refractivity contribution in [1.82, 2.24) is 19.6 Å². The molecule has 6 nitrogen and oxygen atoms in total. The molecule has 0 saturated carbocycles. The first kappa shape index (κ1) is 17.0. The van der Waals surface area contributed by atoms with Gasteiger partial charge in [0.2, 0.25) is 0 Å². The van der Waals surface area contributed by atoms with Crippen molar-refractivity contribution in [3.8, 4) is 0 Å². The van der Waals surface area contributed by atoms with E-state index >= 15 is 0 Å². The Morgan fingerprint density at radius 2 is 2.00 bits per heavy atom. The van der Waals surface area contributed by atoms with Crippen molar-refractivity contribution in [3.05, 3.63) is 46.7 Å². The molecule has 0 radical (unpaired) electrons. The number of rotatable bonds is 4. The van der Waals surface area contributed by atoms with Gasteiger partial charge in [-0.15, -0.1) is 0 Å². The summed E-state index contributed by atoms with van der Waals surface area (Å²) >= 11 is 6.02. The highest BCUT2D eigenvalue weighted by Gasteiger charge is 2.17. The van der Waals surface area contributed by atoms with E-state index in [0.717, 1.165) is 38.4 Å². The number of amides is 1. The molecule has 24 heavy (non-hydrogen) atoms. The van der Waals surface area contributed by atoms with Crippen LogP contribution in [0.3, 0.4) is 0 Å². The zero-order valence-corrected chi connectivity index (χ0v) is 14.8. The van der Waals surface area contributed by atoms with Gasteiger partial charge in [-0.3, -0.25) is 14.4 Å². The first-order valence-electron chi connectivity index (χ1n) is 8.01. The molecule has 0 spiro atoms. The third-order valence-electron chi connectivity index (χ3n) is 4.30. The lowest BCUT2D eigenvalue weighted by Crippen LogP contribution is -2.43. The summed E-state index contributed by atoms with van der Waals surface area (Å²) in [6.45, 7) is 5.21. The fourth-order valence-electron chi connectivity index (χ4n) is 2.87. The molecule has 1 aliphatic heterocycles. The van der Waals surface area contributed by atoms with Crippen LogP contribution in [-0.4, -0.2) is 58.7 Å². The van der Waals surface area contributed by atoms with Gasteiger partial charge < -0.3 is 10.2 Å². The Morgan fingerprint density at radius 1 is 1.25 bits per heavy atom. The smallest absolute Gasteiger partial charge is 0.275 e. The minimum absolute atomic E-state index is 0.253. The predicted molar refractivity (Wildman–Crippen MR) is 95.4 cm³/mol. The summed E-state index contributed by atoms with van der Waals surface area (Å²) in [5, 5.41) is 7.24. The van der Waals surface area contributed by atoms with Crippen molar-refractivity contribution in [2.24, 2.45) is 7.05 Å². The Hall–Kier alpha value is -1.89. The van der Waals surface area contributed by atoms with Crippen LogP contribution in [0.4, 0.5) is 5.69 Å². The van der Waals surface area contributed by atoms with E-state index in [0.29, 0.717) is 10.7 Å². The molecule has 0 bridgehead atoms. The molecule has 0 atom stereocenters. The second-order valence-corrected chi connectivity index (χ2v) is 6.61. The van der Waals surface area contributed by atoms with Crippen LogP contribution in [0.2, 0.25) is 5.02 Å². The molecule has 1 aliphatic rings. The normalized spacial score (nSPS) is 16.3. The van der Waals surface area contributed by atoms with E-state index < -0.39 is 0 Å². The van der Waals surface area contributed by atoms with Crippen molar-refractivity contribution < 1.29 is 4.79 Å². The topological polar surface area (TPSA) is 53.4 Å². The first-order chi connectivity index (χ1) is 11.5. The number of halogens is 1. The molecule has 1 N–H and O–H groups in total. The number of hydrogen-bond acceptors (Lipinski definition) is 4. The minimum Gasteiger partial charge on any atom is -0.321 e. The SMILES string of the molecule is CN1CCN(Cc2cccc(NC(=O)c3c(Cl)cnn3C)c2)CC1. The first-order valence-corrected chi connectivity index (χ1v) is 8.39. The highest BCUT2D eigenvalue weighted by molar-refractivity contribution is 6.34. The van der Waals surface area contributed by atoms with Gasteiger partial charge in [-0.2, -0.15) is 5.10 Å². The van der Waals surface area contributed by atoms with Crippen molar-refractivity contribution in [2.75, 3.05) is 38.5 Å². The second kappa shape index (κ2) is 7.34. The van der Waals surface area contributed by atoms with Crippen molar-refractivity contribution in [1.29, 1.82) is 0 Å². The number of benzene rings is 1. The Morgan fingerprint density at radius 3 is 2.67 bits per heavy atom. The Labute approximate surface area is 147 Å². The minimum atomic E-state index is -0.253. The summed E-state index contributed by atoms with van der Waals surface area (Å²) in [5.41, 5.74) is 2.32. The summed E-state index contributed by atoms with van der Waals surface area (Å²) < 4.78 is 1.48. The molecule has 1 fully saturated rings. The molecule has 0 aliphatic carbocycles. The lowest BCUT2D eigenvalue weighted by Gasteiger charge is -2.32. The average Bonchev–Trinajstić information content (AvgIpc) is 2.89. The van der Waals surface area contributed by atoms with Gasteiger partial charge in [-0.05, 0) is 24.7 Å².